The Labute approximate surface area is 172 Å². The predicted octanol–water partition coefficient (Wildman–Crippen LogP) is 2.28. The molecule has 0 aliphatic heterocycles. The standard InChI is InChI=1S/C10H24N2O3P.La.Pr/c1-2-3-9-14-16(13)15-10(12)7-5-4-6-8-11;;/h10H,2-9,11-12H2,1H3;;/q+1;;. The molecule has 0 aliphatic rings. The maximum Gasteiger partial charge on any atom is 0.699 e. The van der Waals surface area contributed by atoms with E-state index in [1.807, 2.05) is 6.92 Å². The summed E-state index contributed by atoms with van der Waals surface area (Å²) < 4.78 is 21.2. The average molecular weight is 531 g/mol. The van der Waals surface area contributed by atoms with Crippen molar-refractivity contribution in [3.8, 4) is 0 Å². The van der Waals surface area contributed by atoms with Gasteiger partial charge in [0.25, 0.3) is 0 Å². The third kappa shape index (κ3) is 18.5. The predicted molar refractivity (Wildman–Crippen MR) is 65.0 cm³/mol. The van der Waals surface area contributed by atoms with Crippen molar-refractivity contribution < 1.29 is 90.5 Å². The molecule has 0 saturated carbocycles. The Balaban J connectivity index is -0.00000112. The summed E-state index contributed by atoms with van der Waals surface area (Å²) in [4.78, 5) is 0. The van der Waals surface area contributed by atoms with Crippen LogP contribution in [0.3, 0.4) is 0 Å². The van der Waals surface area contributed by atoms with Crippen LogP contribution in [0.15, 0.2) is 0 Å². The van der Waals surface area contributed by atoms with Crippen molar-refractivity contribution in [3.05, 3.63) is 0 Å². The van der Waals surface area contributed by atoms with Crippen molar-refractivity contribution in [1.82, 2.24) is 0 Å². The summed E-state index contributed by atoms with van der Waals surface area (Å²) >= 11 is 0. The minimum absolute atomic E-state index is 0. The molecule has 0 aromatic heterocycles. The molecule has 102 valence electrons. The normalized spacial score (nSPS) is 12.3. The molecular weight excluding hydrogens is 507 g/mol. The van der Waals surface area contributed by atoms with Gasteiger partial charge in [-0.3, -0.25) is 0 Å². The zero-order chi connectivity index (χ0) is 12.2. The van der Waals surface area contributed by atoms with E-state index in [1.54, 1.807) is 0 Å². The van der Waals surface area contributed by atoms with Gasteiger partial charge in [0.1, 0.15) is 6.61 Å². The van der Waals surface area contributed by atoms with E-state index < -0.39 is 14.5 Å². The van der Waals surface area contributed by atoms with Crippen molar-refractivity contribution in [2.75, 3.05) is 13.2 Å². The SMILES string of the molecule is CCCCO[P+](=O)OC(N)CCCCCN.[La].[Pr]. The van der Waals surface area contributed by atoms with Crippen LogP contribution in [0, 0.1) is 76.9 Å². The summed E-state index contributed by atoms with van der Waals surface area (Å²) in [5.41, 5.74) is 11.0. The van der Waals surface area contributed by atoms with Gasteiger partial charge in [-0.15, -0.1) is 9.05 Å². The minimum atomic E-state index is -2.06. The molecule has 0 heterocycles. The van der Waals surface area contributed by atoms with E-state index in [0.717, 1.165) is 32.1 Å². The van der Waals surface area contributed by atoms with Crippen LogP contribution in [0.25, 0.3) is 0 Å². The molecule has 0 amide bonds. The van der Waals surface area contributed by atoms with E-state index in [4.69, 9.17) is 20.5 Å². The van der Waals surface area contributed by atoms with Crippen molar-refractivity contribution in [2.45, 2.75) is 51.7 Å². The first-order valence-electron chi connectivity index (χ1n) is 5.93. The van der Waals surface area contributed by atoms with Gasteiger partial charge in [0.15, 0.2) is 6.23 Å². The fraction of sp³-hybridized carbons (Fsp3) is 1.00. The van der Waals surface area contributed by atoms with Crippen molar-refractivity contribution in [3.63, 3.8) is 0 Å². The maximum absolute atomic E-state index is 11.2. The summed E-state index contributed by atoms with van der Waals surface area (Å²) in [5, 5.41) is 0. The zero-order valence-electron chi connectivity index (χ0n) is 11.2. The number of hydrogen-bond acceptors (Lipinski definition) is 5. The van der Waals surface area contributed by atoms with Crippen molar-refractivity contribution in [2.24, 2.45) is 11.5 Å². The summed E-state index contributed by atoms with van der Waals surface area (Å²) in [7, 11) is -2.06. The maximum atomic E-state index is 11.2. The van der Waals surface area contributed by atoms with Gasteiger partial charge >= 0.3 is 8.25 Å². The summed E-state index contributed by atoms with van der Waals surface area (Å²) in [6, 6.07) is 0. The molecule has 8 heteroatoms. The van der Waals surface area contributed by atoms with Gasteiger partial charge in [-0.1, -0.05) is 19.8 Å². The Hall–Kier alpha value is 2.50. The first kappa shape index (κ1) is 25.5. The topological polar surface area (TPSA) is 87.6 Å². The molecular formula is C10H24LaN2O3PPr+. The molecule has 0 rings (SSSR count). The van der Waals surface area contributed by atoms with Gasteiger partial charge in [0, 0.05) is 81.5 Å². The first-order valence-corrected chi connectivity index (χ1v) is 7.02. The van der Waals surface area contributed by atoms with Gasteiger partial charge in [-0.05, 0) is 32.2 Å². The smallest absolute Gasteiger partial charge is 0.330 e. The van der Waals surface area contributed by atoms with E-state index in [-0.39, 0.29) is 76.9 Å². The number of hydrogen-bond donors (Lipinski definition) is 2. The Morgan fingerprint density at radius 3 is 2.44 bits per heavy atom. The Bertz CT molecular complexity index is 193. The van der Waals surface area contributed by atoms with Crippen molar-refractivity contribution in [1.29, 1.82) is 0 Å². The van der Waals surface area contributed by atoms with Gasteiger partial charge in [-0.2, -0.15) is 0 Å². The molecule has 0 aliphatic carbocycles. The summed E-state index contributed by atoms with van der Waals surface area (Å²) in [5.74, 6) is 0. The van der Waals surface area contributed by atoms with Crippen LogP contribution < -0.4 is 11.5 Å². The van der Waals surface area contributed by atoms with Crippen LogP contribution in [0.1, 0.15) is 45.4 Å². The van der Waals surface area contributed by atoms with Crippen LogP contribution in [-0.2, 0) is 13.6 Å². The Morgan fingerprint density at radius 2 is 1.89 bits per heavy atom. The molecule has 0 aromatic rings. The molecule has 18 heavy (non-hydrogen) atoms. The third-order valence-electron chi connectivity index (χ3n) is 2.11. The molecule has 0 fully saturated rings. The second kappa shape index (κ2) is 19.5. The molecule has 0 aromatic carbocycles. The van der Waals surface area contributed by atoms with Crippen LogP contribution in [-0.4, -0.2) is 19.4 Å². The molecule has 0 spiro atoms. The molecule has 2 radical (unpaired) electrons. The van der Waals surface area contributed by atoms with Gasteiger partial charge in [0.2, 0.25) is 0 Å². The zero-order valence-corrected chi connectivity index (χ0v) is 19.4. The quantitative estimate of drug-likeness (QED) is 0.243. The Kier molecular flexibility index (Phi) is 27.6. The van der Waals surface area contributed by atoms with Crippen LogP contribution in [0.4, 0.5) is 0 Å². The molecule has 4 N–H and O–H groups in total. The van der Waals surface area contributed by atoms with Gasteiger partial charge < -0.3 is 11.5 Å². The minimum Gasteiger partial charge on any atom is -0.330 e. The van der Waals surface area contributed by atoms with Crippen molar-refractivity contribution >= 4 is 8.25 Å². The number of nitrogens with two attached hydrogens (primary N) is 2. The molecule has 0 saturated heterocycles. The monoisotopic (exact) mass is 531 g/mol. The van der Waals surface area contributed by atoms with E-state index in [0.29, 0.717) is 19.6 Å². The molecule has 2 unspecified atom stereocenters. The second-order valence-electron chi connectivity index (χ2n) is 3.69. The van der Waals surface area contributed by atoms with E-state index in [2.05, 4.69) is 0 Å². The Morgan fingerprint density at radius 1 is 1.22 bits per heavy atom. The second-order valence-corrected chi connectivity index (χ2v) is 4.61. The molecule has 0 bridgehead atoms. The largest absolute Gasteiger partial charge is 0.699 e. The molecule has 5 nitrogen and oxygen atoms in total. The summed E-state index contributed by atoms with van der Waals surface area (Å²) in [6.45, 7) is 3.20. The fourth-order valence-electron chi connectivity index (χ4n) is 1.14. The van der Waals surface area contributed by atoms with Gasteiger partial charge in [-0.25, -0.2) is 0 Å². The third-order valence-corrected chi connectivity index (χ3v) is 2.95. The van der Waals surface area contributed by atoms with Crippen LogP contribution in [0.2, 0.25) is 0 Å². The van der Waals surface area contributed by atoms with E-state index >= 15 is 0 Å². The fourth-order valence-corrected chi connectivity index (χ4v) is 1.81. The van der Waals surface area contributed by atoms with E-state index in [1.165, 1.54) is 0 Å². The van der Waals surface area contributed by atoms with Gasteiger partial charge in [0.05, 0.1) is 0 Å². The number of rotatable bonds is 11. The molecule has 2 atom stereocenters. The van der Waals surface area contributed by atoms with Crippen LogP contribution in [0.5, 0.6) is 0 Å². The summed E-state index contributed by atoms with van der Waals surface area (Å²) in [6.07, 6.45) is 5.05. The first-order chi connectivity index (χ1) is 7.70. The average Bonchev–Trinajstić information content (AvgIpc) is 2.25. The van der Waals surface area contributed by atoms with E-state index in [9.17, 15) is 4.57 Å². The number of unbranched alkanes of at least 4 members (excludes halogenated alkanes) is 3. The van der Waals surface area contributed by atoms with Crippen LogP contribution >= 0.6 is 8.25 Å².